The van der Waals surface area contributed by atoms with Crippen LogP contribution in [-0.2, 0) is 11.3 Å². The fourth-order valence-corrected chi connectivity index (χ4v) is 2.45. The standard InChI is InChI=1S/C16H26N2O2/c1-17-12-14-5-7-15(8-6-14)20-11-9-18(2)13-16-4-3-10-19-16/h5-8,16-17H,3-4,9-13H2,1-2H3. The van der Waals surface area contributed by atoms with Gasteiger partial charge in [-0.05, 0) is 44.6 Å². The zero-order valence-electron chi connectivity index (χ0n) is 12.6. The Morgan fingerprint density at radius 1 is 1.35 bits per heavy atom. The van der Waals surface area contributed by atoms with Crippen LogP contribution in [0.1, 0.15) is 18.4 Å². The van der Waals surface area contributed by atoms with Crippen LogP contribution in [0.4, 0.5) is 0 Å². The van der Waals surface area contributed by atoms with Gasteiger partial charge in [-0.2, -0.15) is 0 Å². The summed E-state index contributed by atoms with van der Waals surface area (Å²) in [4.78, 5) is 2.28. The molecule has 1 aromatic rings. The number of rotatable bonds is 8. The molecular weight excluding hydrogens is 252 g/mol. The first-order valence-corrected chi connectivity index (χ1v) is 7.44. The Morgan fingerprint density at radius 2 is 2.15 bits per heavy atom. The van der Waals surface area contributed by atoms with Crippen molar-refractivity contribution in [1.82, 2.24) is 10.2 Å². The van der Waals surface area contributed by atoms with Crippen LogP contribution in [0, 0.1) is 0 Å². The maximum atomic E-state index is 5.77. The summed E-state index contributed by atoms with van der Waals surface area (Å²) in [6, 6.07) is 8.27. The predicted molar refractivity (Wildman–Crippen MR) is 81.2 cm³/mol. The molecule has 112 valence electrons. The van der Waals surface area contributed by atoms with Crippen LogP contribution in [0.5, 0.6) is 5.75 Å². The maximum Gasteiger partial charge on any atom is 0.119 e. The average molecular weight is 278 g/mol. The third-order valence-electron chi connectivity index (χ3n) is 3.59. The lowest BCUT2D eigenvalue weighted by molar-refractivity contribution is 0.0771. The summed E-state index contributed by atoms with van der Waals surface area (Å²) in [5.74, 6) is 0.940. The van der Waals surface area contributed by atoms with Gasteiger partial charge in [0, 0.05) is 26.2 Å². The molecule has 4 nitrogen and oxygen atoms in total. The van der Waals surface area contributed by atoms with E-state index in [4.69, 9.17) is 9.47 Å². The van der Waals surface area contributed by atoms with Gasteiger partial charge in [0.25, 0.3) is 0 Å². The van der Waals surface area contributed by atoms with Crippen LogP contribution in [0.2, 0.25) is 0 Å². The highest BCUT2D eigenvalue weighted by atomic mass is 16.5. The van der Waals surface area contributed by atoms with Crippen molar-refractivity contribution in [2.75, 3.05) is 40.4 Å². The molecule has 0 bridgehead atoms. The topological polar surface area (TPSA) is 33.7 Å². The van der Waals surface area contributed by atoms with Gasteiger partial charge >= 0.3 is 0 Å². The van der Waals surface area contributed by atoms with Gasteiger partial charge in [0.2, 0.25) is 0 Å². The van der Waals surface area contributed by atoms with Gasteiger partial charge in [-0.3, -0.25) is 0 Å². The van der Waals surface area contributed by atoms with Crippen LogP contribution < -0.4 is 10.1 Å². The van der Waals surface area contributed by atoms with Crippen molar-refractivity contribution in [1.29, 1.82) is 0 Å². The Bertz CT molecular complexity index is 375. The zero-order chi connectivity index (χ0) is 14.2. The second kappa shape index (κ2) is 8.25. The lowest BCUT2D eigenvalue weighted by Crippen LogP contribution is -2.32. The van der Waals surface area contributed by atoms with Crippen molar-refractivity contribution in [2.45, 2.75) is 25.5 Å². The summed E-state index contributed by atoms with van der Waals surface area (Å²) in [6.45, 7) is 4.47. The van der Waals surface area contributed by atoms with Crippen molar-refractivity contribution in [3.05, 3.63) is 29.8 Å². The molecule has 1 fully saturated rings. The molecule has 0 saturated carbocycles. The van der Waals surface area contributed by atoms with Crippen molar-refractivity contribution in [3.8, 4) is 5.75 Å². The van der Waals surface area contributed by atoms with E-state index in [1.807, 2.05) is 19.2 Å². The molecule has 1 aliphatic heterocycles. The van der Waals surface area contributed by atoms with E-state index in [0.717, 1.165) is 32.0 Å². The number of nitrogens with zero attached hydrogens (tertiary/aromatic N) is 1. The quantitative estimate of drug-likeness (QED) is 0.787. The lowest BCUT2D eigenvalue weighted by atomic mass is 10.2. The maximum absolute atomic E-state index is 5.77. The average Bonchev–Trinajstić information content (AvgIpc) is 2.94. The third-order valence-corrected chi connectivity index (χ3v) is 3.59. The highest BCUT2D eigenvalue weighted by Gasteiger charge is 2.16. The minimum absolute atomic E-state index is 0.417. The van der Waals surface area contributed by atoms with E-state index in [1.54, 1.807) is 0 Å². The Labute approximate surface area is 122 Å². The molecule has 20 heavy (non-hydrogen) atoms. The van der Waals surface area contributed by atoms with Gasteiger partial charge in [0.1, 0.15) is 12.4 Å². The Kier molecular flexibility index (Phi) is 6.30. The Hall–Kier alpha value is -1.10. The van der Waals surface area contributed by atoms with Crippen molar-refractivity contribution < 1.29 is 9.47 Å². The van der Waals surface area contributed by atoms with Gasteiger partial charge in [0.05, 0.1) is 6.10 Å². The van der Waals surface area contributed by atoms with Crippen LogP contribution in [0.15, 0.2) is 24.3 Å². The van der Waals surface area contributed by atoms with Crippen LogP contribution in [-0.4, -0.2) is 51.4 Å². The van der Waals surface area contributed by atoms with Crippen LogP contribution in [0.3, 0.4) is 0 Å². The molecule has 4 heteroatoms. The summed E-state index contributed by atoms with van der Waals surface area (Å²) in [6.07, 6.45) is 2.81. The van der Waals surface area contributed by atoms with Crippen LogP contribution >= 0.6 is 0 Å². The summed E-state index contributed by atoms with van der Waals surface area (Å²) >= 11 is 0. The molecule has 0 aromatic heterocycles. The van der Waals surface area contributed by atoms with E-state index >= 15 is 0 Å². The molecule has 1 heterocycles. The second-order valence-electron chi connectivity index (χ2n) is 5.42. The monoisotopic (exact) mass is 278 g/mol. The second-order valence-corrected chi connectivity index (χ2v) is 5.42. The molecule has 1 aliphatic rings. The highest BCUT2D eigenvalue weighted by Crippen LogP contribution is 2.14. The van der Waals surface area contributed by atoms with Crippen molar-refractivity contribution >= 4 is 0 Å². The van der Waals surface area contributed by atoms with E-state index in [1.165, 1.54) is 18.4 Å². The smallest absolute Gasteiger partial charge is 0.119 e. The first-order valence-electron chi connectivity index (χ1n) is 7.44. The molecule has 0 spiro atoms. The molecule has 1 aromatic carbocycles. The molecule has 0 amide bonds. The van der Waals surface area contributed by atoms with Gasteiger partial charge in [-0.1, -0.05) is 12.1 Å². The molecule has 1 unspecified atom stereocenters. The van der Waals surface area contributed by atoms with E-state index in [9.17, 15) is 0 Å². The van der Waals surface area contributed by atoms with Gasteiger partial charge < -0.3 is 19.7 Å². The number of likely N-dealkylation sites (N-methyl/N-ethyl adjacent to an activating group) is 1. The summed E-state index contributed by atoms with van der Waals surface area (Å²) in [5.41, 5.74) is 1.27. The molecule has 0 radical (unpaired) electrons. The first-order chi connectivity index (χ1) is 9.78. The molecule has 1 saturated heterocycles. The Balaban J connectivity index is 1.64. The minimum atomic E-state index is 0.417. The molecule has 2 rings (SSSR count). The molecule has 1 N–H and O–H groups in total. The fraction of sp³-hybridized carbons (Fsp3) is 0.625. The number of hydrogen-bond donors (Lipinski definition) is 1. The summed E-state index contributed by atoms with van der Waals surface area (Å²) in [7, 11) is 4.08. The number of ether oxygens (including phenoxy) is 2. The SMILES string of the molecule is CNCc1ccc(OCCN(C)CC2CCCO2)cc1. The fourth-order valence-electron chi connectivity index (χ4n) is 2.45. The summed E-state index contributed by atoms with van der Waals surface area (Å²) in [5, 5.41) is 3.14. The van der Waals surface area contributed by atoms with Crippen molar-refractivity contribution in [3.63, 3.8) is 0 Å². The van der Waals surface area contributed by atoms with E-state index in [2.05, 4.69) is 29.4 Å². The lowest BCUT2D eigenvalue weighted by Gasteiger charge is -2.20. The van der Waals surface area contributed by atoms with E-state index in [-0.39, 0.29) is 0 Å². The normalized spacial score (nSPS) is 18.6. The third kappa shape index (κ3) is 5.12. The Morgan fingerprint density at radius 3 is 2.80 bits per heavy atom. The van der Waals surface area contributed by atoms with E-state index < -0.39 is 0 Å². The number of nitrogens with one attached hydrogen (secondary N) is 1. The zero-order valence-corrected chi connectivity index (χ0v) is 12.6. The highest BCUT2D eigenvalue weighted by molar-refractivity contribution is 5.27. The van der Waals surface area contributed by atoms with Gasteiger partial charge in [-0.15, -0.1) is 0 Å². The van der Waals surface area contributed by atoms with Crippen LogP contribution in [0.25, 0.3) is 0 Å². The molecular formula is C16H26N2O2. The van der Waals surface area contributed by atoms with Gasteiger partial charge in [-0.25, -0.2) is 0 Å². The van der Waals surface area contributed by atoms with Gasteiger partial charge in [0.15, 0.2) is 0 Å². The first kappa shape index (κ1) is 15.3. The summed E-state index contributed by atoms with van der Waals surface area (Å²) < 4.78 is 11.4. The minimum Gasteiger partial charge on any atom is -0.492 e. The number of hydrogen-bond acceptors (Lipinski definition) is 4. The predicted octanol–water partition coefficient (Wildman–Crippen LogP) is 1.90. The van der Waals surface area contributed by atoms with E-state index in [0.29, 0.717) is 12.7 Å². The largest absolute Gasteiger partial charge is 0.492 e. The molecule has 0 aliphatic carbocycles. The van der Waals surface area contributed by atoms with Crippen molar-refractivity contribution in [2.24, 2.45) is 0 Å². The number of benzene rings is 1. The molecule has 1 atom stereocenters.